The van der Waals surface area contributed by atoms with E-state index < -0.39 is 6.17 Å². The van der Waals surface area contributed by atoms with Crippen LogP contribution >= 0.6 is 0 Å². The van der Waals surface area contributed by atoms with Crippen molar-refractivity contribution in [3.05, 3.63) is 43.0 Å². The van der Waals surface area contributed by atoms with E-state index in [1.165, 1.54) is 0 Å². The summed E-state index contributed by atoms with van der Waals surface area (Å²) in [5, 5.41) is 18.2. The highest BCUT2D eigenvalue weighted by Gasteiger charge is 2.41. The van der Waals surface area contributed by atoms with Crippen molar-refractivity contribution in [1.82, 2.24) is 25.1 Å². The third-order valence-corrected chi connectivity index (χ3v) is 6.60. The molecule has 1 aromatic carbocycles. The second-order valence-electron chi connectivity index (χ2n) is 8.65. The van der Waals surface area contributed by atoms with Crippen LogP contribution in [-0.4, -0.2) is 56.2 Å². The van der Waals surface area contributed by atoms with Gasteiger partial charge in [0.05, 0.1) is 30.3 Å². The van der Waals surface area contributed by atoms with Gasteiger partial charge >= 0.3 is 0 Å². The Morgan fingerprint density at radius 1 is 1.16 bits per heavy atom. The van der Waals surface area contributed by atoms with Gasteiger partial charge in [-0.05, 0) is 37.0 Å². The first-order valence-electron chi connectivity index (χ1n) is 10.8. The Balaban J connectivity index is 1.35. The van der Waals surface area contributed by atoms with Crippen LogP contribution in [0.3, 0.4) is 0 Å². The molecule has 0 amide bonds. The molecule has 2 fully saturated rings. The first-order chi connectivity index (χ1) is 15.0. The molecule has 0 spiro atoms. The van der Waals surface area contributed by atoms with Gasteiger partial charge in [0.2, 0.25) is 0 Å². The molecule has 162 valence electrons. The van der Waals surface area contributed by atoms with Crippen molar-refractivity contribution in [1.29, 1.82) is 0 Å². The number of hydrogen-bond acceptors (Lipinski definition) is 6. The van der Waals surface area contributed by atoms with Gasteiger partial charge in [0.25, 0.3) is 0 Å². The minimum absolute atomic E-state index is 0.0672. The van der Waals surface area contributed by atoms with Gasteiger partial charge in [0.15, 0.2) is 0 Å². The van der Waals surface area contributed by atoms with Gasteiger partial charge in [0, 0.05) is 43.5 Å². The number of phenols is 1. The molecule has 31 heavy (non-hydrogen) atoms. The largest absolute Gasteiger partial charge is 0.507 e. The van der Waals surface area contributed by atoms with Crippen LogP contribution in [0.4, 0.5) is 10.2 Å². The summed E-state index contributed by atoms with van der Waals surface area (Å²) in [4.78, 5) is 11.0. The monoisotopic (exact) mass is 422 g/mol. The van der Waals surface area contributed by atoms with E-state index in [-0.39, 0.29) is 17.8 Å². The lowest BCUT2D eigenvalue weighted by Crippen LogP contribution is -2.61. The first kappa shape index (κ1) is 19.9. The van der Waals surface area contributed by atoms with Crippen LogP contribution in [-0.2, 0) is 7.05 Å². The number of piperidine rings is 2. The molecule has 2 bridgehead atoms. The molecule has 5 rings (SSSR count). The van der Waals surface area contributed by atoms with E-state index in [1.54, 1.807) is 29.3 Å². The van der Waals surface area contributed by atoms with E-state index in [1.807, 2.05) is 37.3 Å². The van der Waals surface area contributed by atoms with Crippen molar-refractivity contribution in [2.24, 2.45) is 7.05 Å². The highest BCUT2D eigenvalue weighted by Crippen LogP contribution is 2.34. The predicted octanol–water partition coefficient (Wildman–Crippen LogP) is 3.31. The quantitative estimate of drug-likeness (QED) is 0.672. The molecule has 2 N–H and O–H groups in total. The number of rotatable bonds is 4. The van der Waals surface area contributed by atoms with Gasteiger partial charge < -0.3 is 15.3 Å². The summed E-state index contributed by atoms with van der Waals surface area (Å²) in [7, 11) is 3.75. The number of hydrogen-bond donors (Lipinski definition) is 2. The number of halogens is 1. The number of aromatic hydroxyl groups is 1. The lowest BCUT2D eigenvalue weighted by atomic mass is 9.82. The molecule has 7 nitrogen and oxygen atoms in total. The van der Waals surface area contributed by atoms with Crippen molar-refractivity contribution in [3.63, 3.8) is 0 Å². The van der Waals surface area contributed by atoms with Crippen LogP contribution in [0, 0.1) is 0 Å². The lowest BCUT2D eigenvalue weighted by Gasteiger charge is -2.46. The minimum Gasteiger partial charge on any atom is -0.507 e. The number of fused-ring (bicyclic) bond motifs is 2. The second kappa shape index (κ2) is 7.92. The topological polar surface area (TPSA) is 79.1 Å². The number of aryl methyl sites for hydroxylation is 1. The van der Waals surface area contributed by atoms with Crippen molar-refractivity contribution in [2.45, 2.75) is 50.0 Å². The summed E-state index contributed by atoms with van der Waals surface area (Å²) < 4.78 is 16.8. The highest BCUT2D eigenvalue weighted by atomic mass is 19.1. The van der Waals surface area contributed by atoms with Crippen LogP contribution in [0.15, 0.2) is 43.0 Å². The van der Waals surface area contributed by atoms with E-state index >= 15 is 4.39 Å². The normalized spacial score (nSPS) is 25.4. The Kier molecular flexibility index (Phi) is 5.09. The molecule has 0 aliphatic carbocycles. The lowest BCUT2D eigenvalue weighted by molar-refractivity contribution is 0.107. The number of alkyl halides is 1. The van der Waals surface area contributed by atoms with E-state index in [9.17, 15) is 5.11 Å². The maximum atomic E-state index is 15.0. The molecule has 8 heteroatoms. The number of nitrogens with one attached hydrogen (secondary N) is 1. The zero-order chi connectivity index (χ0) is 21.5. The average Bonchev–Trinajstić information content (AvgIpc) is 3.22. The summed E-state index contributed by atoms with van der Waals surface area (Å²) in [5.74, 6) is 0.773. The molecule has 0 radical (unpaired) electrons. The van der Waals surface area contributed by atoms with Crippen molar-refractivity contribution < 1.29 is 9.50 Å². The molecule has 2 aromatic heterocycles. The molecule has 0 unspecified atom stereocenters. The van der Waals surface area contributed by atoms with Crippen molar-refractivity contribution in [3.8, 4) is 28.1 Å². The van der Waals surface area contributed by atoms with Gasteiger partial charge in [-0.15, -0.1) is 0 Å². The Bertz CT molecular complexity index is 1070. The Morgan fingerprint density at radius 2 is 2.03 bits per heavy atom. The fourth-order valence-corrected chi connectivity index (χ4v) is 4.86. The van der Waals surface area contributed by atoms with Crippen LogP contribution in [0.2, 0.25) is 0 Å². The number of nitrogens with zero attached hydrogens (tertiary/aromatic N) is 5. The summed E-state index contributed by atoms with van der Waals surface area (Å²) >= 11 is 0. The van der Waals surface area contributed by atoms with Gasteiger partial charge in [-0.25, -0.2) is 9.37 Å². The zero-order valence-corrected chi connectivity index (χ0v) is 17.7. The van der Waals surface area contributed by atoms with Crippen LogP contribution < -0.4 is 10.2 Å². The second-order valence-corrected chi connectivity index (χ2v) is 8.65. The van der Waals surface area contributed by atoms with E-state index in [0.717, 1.165) is 36.8 Å². The van der Waals surface area contributed by atoms with Crippen molar-refractivity contribution in [2.75, 3.05) is 11.9 Å². The summed E-state index contributed by atoms with van der Waals surface area (Å²) in [5.41, 5.74) is 2.99. The van der Waals surface area contributed by atoms with Crippen LogP contribution in [0.25, 0.3) is 22.4 Å². The Hall–Kier alpha value is -3.00. The number of phenolic OH excluding ortho intramolecular Hbond substituents is 1. The van der Waals surface area contributed by atoms with Crippen molar-refractivity contribution >= 4 is 5.82 Å². The predicted molar refractivity (Wildman–Crippen MR) is 118 cm³/mol. The van der Waals surface area contributed by atoms with E-state index in [2.05, 4.69) is 20.4 Å². The molecular weight excluding hydrogens is 395 g/mol. The Morgan fingerprint density at radius 3 is 2.74 bits per heavy atom. The Labute approximate surface area is 180 Å². The molecule has 0 saturated carbocycles. The fraction of sp³-hybridized carbons (Fsp3) is 0.435. The number of anilines is 1. The average molecular weight is 423 g/mol. The molecule has 3 aromatic rings. The van der Waals surface area contributed by atoms with Crippen LogP contribution in [0.5, 0.6) is 5.75 Å². The van der Waals surface area contributed by atoms with Gasteiger partial charge in [-0.1, -0.05) is 12.5 Å². The van der Waals surface area contributed by atoms with E-state index in [0.29, 0.717) is 23.1 Å². The maximum Gasteiger partial charge on any atom is 0.147 e. The van der Waals surface area contributed by atoms with Gasteiger partial charge in [-0.3, -0.25) is 9.67 Å². The standard InChI is InChI=1S/C23H27FN6O/c1-29-13-15(10-27-29)14-6-7-17(21(31)8-14)19-11-26-22(12-25-19)30(2)20-9-16-4-3-5-18(28-16)23(20)24/h6-8,10-13,16,18,20,23,28,31H,3-5,9H2,1-2H3/t16-,18+,20-,23+/m0/s1. The summed E-state index contributed by atoms with van der Waals surface area (Å²) in [6, 6.07) is 5.56. The summed E-state index contributed by atoms with van der Waals surface area (Å²) in [6.07, 6.45) is 9.89. The number of aromatic nitrogens is 4. The van der Waals surface area contributed by atoms with Gasteiger partial charge in [0.1, 0.15) is 17.7 Å². The SMILES string of the molecule is CN(c1cnc(-c2ccc(-c3cnn(C)c3)cc2O)cn1)[C@H]1C[C@@H]2CCC[C@@H](N2)[C@H]1F. The number of benzene rings is 1. The minimum atomic E-state index is -0.924. The molecule has 2 saturated heterocycles. The molecular formula is C23H27FN6O. The maximum absolute atomic E-state index is 15.0. The molecule has 2 aliphatic rings. The fourth-order valence-electron chi connectivity index (χ4n) is 4.86. The first-order valence-corrected chi connectivity index (χ1v) is 10.8. The van der Waals surface area contributed by atoms with E-state index in [4.69, 9.17) is 0 Å². The third kappa shape index (κ3) is 3.76. The molecule has 4 heterocycles. The van der Waals surface area contributed by atoms with Crippen LogP contribution in [0.1, 0.15) is 25.7 Å². The smallest absolute Gasteiger partial charge is 0.147 e. The summed E-state index contributed by atoms with van der Waals surface area (Å²) in [6.45, 7) is 0. The third-order valence-electron chi connectivity index (χ3n) is 6.60. The molecule has 4 atom stereocenters. The highest BCUT2D eigenvalue weighted by molar-refractivity contribution is 5.73. The molecule has 2 aliphatic heterocycles. The zero-order valence-electron chi connectivity index (χ0n) is 17.7. The van der Waals surface area contributed by atoms with Gasteiger partial charge in [-0.2, -0.15) is 5.10 Å².